The van der Waals surface area contributed by atoms with Crippen molar-refractivity contribution in [3.8, 4) is 0 Å². The van der Waals surface area contributed by atoms with Gasteiger partial charge < -0.3 is 0 Å². The van der Waals surface area contributed by atoms with Gasteiger partial charge in [-0.1, -0.05) is 13.8 Å². The maximum Gasteiger partial charge on any atom is 0.191 e. The van der Waals surface area contributed by atoms with Gasteiger partial charge in [-0.3, -0.25) is 9.48 Å². The molecule has 3 nitrogen and oxygen atoms in total. The van der Waals surface area contributed by atoms with E-state index < -0.39 is 0 Å². The highest BCUT2D eigenvalue weighted by Gasteiger charge is 2.18. The number of halogens is 1. The van der Waals surface area contributed by atoms with Gasteiger partial charge in [-0.15, -0.1) is 0 Å². The highest BCUT2D eigenvalue weighted by Crippen LogP contribution is 2.21. The lowest BCUT2D eigenvalue weighted by molar-refractivity contribution is 0.101. The van der Waals surface area contributed by atoms with Gasteiger partial charge in [-0.25, -0.2) is 0 Å². The highest BCUT2D eigenvalue weighted by molar-refractivity contribution is 9.10. The first-order valence-corrected chi connectivity index (χ1v) is 7.72. The molecular formula is C12H19BrN2OS. The van der Waals surface area contributed by atoms with Crippen LogP contribution in [-0.4, -0.2) is 27.1 Å². The lowest BCUT2D eigenvalue weighted by Gasteiger charge is -2.10. The summed E-state index contributed by atoms with van der Waals surface area (Å²) in [6.45, 7) is 8.37. The third-order valence-corrected chi connectivity index (χ3v) is 4.14. The number of aromatic nitrogens is 2. The van der Waals surface area contributed by atoms with E-state index in [0.29, 0.717) is 17.4 Å². The van der Waals surface area contributed by atoms with E-state index in [9.17, 15) is 4.79 Å². The summed E-state index contributed by atoms with van der Waals surface area (Å²) in [4.78, 5) is 12.1. The minimum atomic E-state index is 0.147. The molecule has 0 bridgehead atoms. The summed E-state index contributed by atoms with van der Waals surface area (Å²) < 4.78 is 2.57. The van der Waals surface area contributed by atoms with E-state index in [2.05, 4.69) is 34.9 Å². The van der Waals surface area contributed by atoms with Crippen LogP contribution in [0.4, 0.5) is 0 Å². The molecule has 0 aliphatic carbocycles. The molecule has 0 aliphatic heterocycles. The Kier molecular flexibility index (Phi) is 5.73. The number of carbonyl (C=O) groups excluding carboxylic acids is 1. The van der Waals surface area contributed by atoms with Crippen molar-refractivity contribution in [2.75, 3.05) is 11.5 Å². The second-order valence-electron chi connectivity index (χ2n) is 4.71. The molecule has 5 heteroatoms. The fourth-order valence-electron chi connectivity index (χ4n) is 1.45. The normalized spacial score (nSPS) is 11.5. The number of rotatable bonds is 6. The molecule has 1 rings (SSSR count). The van der Waals surface area contributed by atoms with Crippen LogP contribution in [0, 0.1) is 5.92 Å². The second-order valence-corrected chi connectivity index (χ2v) is 6.60. The minimum absolute atomic E-state index is 0.147. The van der Waals surface area contributed by atoms with Crippen molar-refractivity contribution in [2.24, 2.45) is 5.92 Å². The van der Waals surface area contributed by atoms with Gasteiger partial charge in [0.2, 0.25) is 0 Å². The zero-order valence-electron chi connectivity index (χ0n) is 10.7. The quantitative estimate of drug-likeness (QED) is 0.748. The molecule has 17 heavy (non-hydrogen) atoms. The SMILES string of the molecule is CC(C)CSCC(=O)c1c(Br)cnn1C(C)C. The molecule has 1 aromatic rings. The second kappa shape index (κ2) is 6.59. The van der Waals surface area contributed by atoms with Gasteiger partial charge in [-0.2, -0.15) is 16.9 Å². The molecule has 0 unspecified atom stereocenters. The average molecular weight is 319 g/mol. The van der Waals surface area contributed by atoms with E-state index in [1.807, 2.05) is 13.8 Å². The lowest BCUT2D eigenvalue weighted by Crippen LogP contribution is -2.15. The fourth-order valence-corrected chi connectivity index (χ4v) is 2.86. The standard InChI is InChI=1S/C12H19BrN2OS/c1-8(2)6-17-7-11(16)12-10(13)5-14-15(12)9(3)4/h5,8-9H,6-7H2,1-4H3. The highest BCUT2D eigenvalue weighted by atomic mass is 79.9. The summed E-state index contributed by atoms with van der Waals surface area (Å²) in [6.07, 6.45) is 1.69. The predicted octanol–water partition coefficient (Wildman–Crippen LogP) is 3.80. The molecule has 0 aliphatic rings. The van der Waals surface area contributed by atoms with Crippen molar-refractivity contribution < 1.29 is 4.79 Å². The maximum absolute atomic E-state index is 12.1. The minimum Gasteiger partial charge on any atom is -0.291 e. The molecule has 0 saturated carbocycles. The molecule has 0 spiro atoms. The first-order chi connectivity index (χ1) is 7.93. The number of nitrogens with zero attached hydrogens (tertiary/aromatic N) is 2. The molecule has 0 fully saturated rings. The maximum atomic E-state index is 12.1. The lowest BCUT2D eigenvalue weighted by atomic mass is 10.3. The zero-order chi connectivity index (χ0) is 13.0. The van der Waals surface area contributed by atoms with Crippen LogP contribution in [0.15, 0.2) is 10.7 Å². The molecule has 1 aromatic heterocycles. The van der Waals surface area contributed by atoms with E-state index in [1.165, 1.54) is 0 Å². The number of hydrogen-bond acceptors (Lipinski definition) is 3. The topological polar surface area (TPSA) is 34.9 Å². The third kappa shape index (κ3) is 4.14. The molecule has 0 amide bonds. The number of Topliss-reactive ketones (excluding diaryl/α,β-unsaturated/α-hetero) is 1. The molecule has 0 saturated heterocycles. The average Bonchev–Trinajstić information content (AvgIpc) is 2.59. The van der Waals surface area contributed by atoms with Crippen LogP contribution in [0.5, 0.6) is 0 Å². The smallest absolute Gasteiger partial charge is 0.191 e. The summed E-state index contributed by atoms with van der Waals surface area (Å²) in [7, 11) is 0. The Bertz CT molecular complexity index is 388. The monoisotopic (exact) mass is 318 g/mol. The number of ketones is 1. The Labute approximate surface area is 115 Å². The van der Waals surface area contributed by atoms with Crippen LogP contribution >= 0.6 is 27.7 Å². The Hall–Kier alpha value is -0.290. The molecule has 0 radical (unpaired) electrons. The molecule has 96 valence electrons. The van der Waals surface area contributed by atoms with Gasteiger partial charge in [0.25, 0.3) is 0 Å². The van der Waals surface area contributed by atoms with E-state index in [1.54, 1.807) is 22.6 Å². The van der Waals surface area contributed by atoms with E-state index in [4.69, 9.17) is 0 Å². The number of carbonyl (C=O) groups is 1. The first kappa shape index (κ1) is 14.8. The number of hydrogen-bond donors (Lipinski definition) is 0. The molecule has 0 N–H and O–H groups in total. The summed E-state index contributed by atoms with van der Waals surface area (Å²) in [5.41, 5.74) is 0.691. The van der Waals surface area contributed by atoms with Crippen LogP contribution < -0.4 is 0 Å². The van der Waals surface area contributed by atoms with Crippen molar-refractivity contribution in [2.45, 2.75) is 33.7 Å². The van der Waals surface area contributed by atoms with Crippen LogP contribution in [0.2, 0.25) is 0 Å². The van der Waals surface area contributed by atoms with E-state index >= 15 is 0 Å². The molecular weight excluding hydrogens is 300 g/mol. The van der Waals surface area contributed by atoms with E-state index in [0.717, 1.165) is 10.2 Å². The van der Waals surface area contributed by atoms with Gasteiger partial charge in [0.1, 0.15) is 5.69 Å². The third-order valence-electron chi connectivity index (χ3n) is 2.19. The summed E-state index contributed by atoms with van der Waals surface area (Å²) >= 11 is 5.08. The van der Waals surface area contributed by atoms with Crippen LogP contribution in [-0.2, 0) is 0 Å². The Morgan fingerprint density at radius 2 is 2.12 bits per heavy atom. The van der Waals surface area contributed by atoms with Gasteiger partial charge in [0.15, 0.2) is 5.78 Å². The van der Waals surface area contributed by atoms with Crippen molar-refractivity contribution in [3.63, 3.8) is 0 Å². The van der Waals surface area contributed by atoms with Crippen molar-refractivity contribution in [3.05, 3.63) is 16.4 Å². The Morgan fingerprint density at radius 1 is 1.47 bits per heavy atom. The van der Waals surface area contributed by atoms with E-state index in [-0.39, 0.29) is 11.8 Å². The Balaban J connectivity index is 2.71. The van der Waals surface area contributed by atoms with Gasteiger partial charge >= 0.3 is 0 Å². The van der Waals surface area contributed by atoms with Crippen LogP contribution in [0.25, 0.3) is 0 Å². The summed E-state index contributed by atoms with van der Waals surface area (Å²) in [5, 5.41) is 4.22. The van der Waals surface area contributed by atoms with Gasteiger partial charge in [0.05, 0.1) is 16.4 Å². The van der Waals surface area contributed by atoms with Crippen molar-refractivity contribution in [1.29, 1.82) is 0 Å². The largest absolute Gasteiger partial charge is 0.291 e. The Morgan fingerprint density at radius 3 is 2.65 bits per heavy atom. The van der Waals surface area contributed by atoms with Gasteiger partial charge in [0, 0.05) is 6.04 Å². The predicted molar refractivity (Wildman–Crippen MR) is 76.8 cm³/mol. The summed E-state index contributed by atoms with van der Waals surface area (Å²) in [5.74, 6) is 2.30. The molecule has 1 heterocycles. The zero-order valence-corrected chi connectivity index (χ0v) is 13.1. The van der Waals surface area contributed by atoms with Crippen LogP contribution in [0.1, 0.15) is 44.2 Å². The first-order valence-electron chi connectivity index (χ1n) is 5.77. The van der Waals surface area contributed by atoms with Crippen molar-refractivity contribution in [1.82, 2.24) is 9.78 Å². The van der Waals surface area contributed by atoms with Crippen LogP contribution in [0.3, 0.4) is 0 Å². The van der Waals surface area contributed by atoms with Gasteiger partial charge in [-0.05, 0) is 41.4 Å². The molecule has 0 atom stereocenters. The van der Waals surface area contributed by atoms with Crippen molar-refractivity contribution >= 4 is 33.5 Å². The molecule has 0 aromatic carbocycles. The number of thioether (sulfide) groups is 1. The fraction of sp³-hybridized carbons (Fsp3) is 0.667. The summed E-state index contributed by atoms with van der Waals surface area (Å²) in [6, 6.07) is 0.204.